The Bertz CT molecular complexity index is 621. The lowest BCUT2D eigenvalue weighted by molar-refractivity contribution is 0.303. The Morgan fingerprint density at radius 3 is 2.89 bits per heavy atom. The Kier molecular flexibility index (Phi) is 4.74. The molecule has 0 atom stereocenters. The fraction of sp³-hybridized carbons (Fsp3) is 0.0769. The molecule has 0 aliphatic rings. The molecule has 0 fully saturated rings. The maximum Gasteiger partial charge on any atom is 0.134 e. The summed E-state index contributed by atoms with van der Waals surface area (Å²) in [5, 5.41) is 0.643. The summed E-state index contributed by atoms with van der Waals surface area (Å²) in [6.45, 7) is 0.334. The third kappa shape index (κ3) is 3.65. The van der Waals surface area contributed by atoms with Gasteiger partial charge in [0.2, 0.25) is 0 Å². The molecular weight excluding hydrogens is 348 g/mol. The van der Waals surface area contributed by atoms with Crippen molar-refractivity contribution < 1.29 is 4.74 Å². The molecule has 19 heavy (non-hydrogen) atoms. The van der Waals surface area contributed by atoms with Crippen molar-refractivity contribution in [2.45, 2.75) is 6.61 Å². The van der Waals surface area contributed by atoms with Crippen LogP contribution in [0.3, 0.4) is 0 Å². The van der Waals surface area contributed by atoms with E-state index in [0.717, 1.165) is 10.0 Å². The number of benzene rings is 1. The zero-order chi connectivity index (χ0) is 13.8. The smallest absolute Gasteiger partial charge is 0.134 e. The molecule has 2 N–H and O–H groups in total. The molecule has 0 aliphatic heterocycles. The minimum Gasteiger partial charge on any atom is -0.488 e. The van der Waals surface area contributed by atoms with Gasteiger partial charge in [0.1, 0.15) is 23.0 Å². The van der Waals surface area contributed by atoms with Gasteiger partial charge < -0.3 is 10.5 Å². The molecule has 0 bridgehead atoms. The SMILES string of the molecule is NC(=S)c1ncccc1COc1ccc(Cl)cc1Br. The Morgan fingerprint density at radius 2 is 2.21 bits per heavy atom. The summed E-state index contributed by atoms with van der Waals surface area (Å²) >= 11 is 14.2. The van der Waals surface area contributed by atoms with Gasteiger partial charge >= 0.3 is 0 Å². The lowest BCUT2D eigenvalue weighted by atomic mass is 10.2. The van der Waals surface area contributed by atoms with Gasteiger partial charge in [0.05, 0.1) is 4.47 Å². The van der Waals surface area contributed by atoms with Gasteiger partial charge in [-0.3, -0.25) is 4.98 Å². The molecule has 0 saturated carbocycles. The van der Waals surface area contributed by atoms with E-state index in [4.69, 9.17) is 34.3 Å². The van der Waals surface area contributed by atoms with E-state index in [1.807, 2.05) is 12.1 Å². The number of thiocarbonyl (C=S) groups is 1. The third-order valence-electron chi connectivity index (χ3n) is 2.40. The first kappa shape index (κ1) is 14.2. The molecule has 1 aromatic carbocycles. The molecule has 1 heterocycles. The highest BCUT2D eigenvalue weighted by Crippen LogP contribution is 2.28. The second-order valence-electron chi connectivity index (χ2n) is 3.74. The second kappa shape index (κ2) is 6.32. The molecule has 3 nitrogen and oxygen atoms in total. The van der Waals surface area contributed by atoms with Crippen LogP contribution in [0, 0.1) is 0 Å². The summed E-state index contributed by atoms with van der Waals surface area (Å²) in [5.41, 5.74) is 7.05. The van der Waals surface area contributed by atoms with Crippen LogP contribution >= 0.6 is 39.7 Å². The first-order valence-electron chi connectivity index (χ1n) is 5.39. The van der Waals surface area contributed by atoms with E-state index in [0.29, 0.717) is 23.1 Å². The van der Waals surface area contributed by atoms with Crippen LogP contribution in [-0.2, 0) is 6.61 Å². The minimum atomic E-state index is 0.259. The lowest BCUT2D eigenvalue weighted by Gasteiger charge is -2.10. The van der Waals surface area contributed by atoms with Gasteiger partial charge in [0, 0.05) is 16.8 Å². The number of halogens is 2. The summed E-state index contributed by atoms with van der Waals surface area (Å²) < 4.78 is 6.50. The van der Waals surface area contributed by atoms with Crippen molar-refractivity contribution in [2.24, 2.45) is 5.73 Å². The van der Waals surface area contributed by atoms with Crippen LogP contribution in [0.5, 0.6) is 5.75 Å². The van der Waals surface area contributed by atoms with Gasteiger partial charge in [-0.05, 0) is 40.2 Å². The molecule has 98 valence electrons. The molecule has 0 saturated heterocycles. The van der Waals surface area contributed by atoms with E-state index in [1.54, 1.807) is 24.4 Å². The molecule has 2 rings (SSSR count). The molecule has 0 radical (unpaired) electrons. The Morgan fingerprint density at radius 1 is 1.42 bits per heavy atom. The average molecular weight is 358 g/mol. The highest BCUT2D eigenvalue weighted by molar-refractivity contribution is 9.10. The number of rotatable bonds is 4. The quantitative estimate of drug-likeness (QED) is 0.847. The van der Waals surface area contributed by atoms with E-state index < -0.39 is 0 Å². The number of nitrogens with two attached hydrogens (primary N) is 1. The maximum absolute atomic E-state index is 5.87. The Balaban J connectivity index is 2.17. The summed E-state index contributed by atoms with van der Waals surface area (Å²) in [6, 6.07) is 9.03. The largest absolute Gasteiger partial charge is 0.488 e. The van der Waals surface area contributed by atoms with Crippen molar-refractivity contribution in [3.63, 3.8) is 0 Å². The molecule has 0 spiro atoms. The molecular formula is C13H10BrClN2OS. The lowest BCUT2D eigenvalue weighted by Crippen LogP contribution is -2.15. The number of pyridine rings is 1. The predicted octanol–water partition coefficient (Wildman–Crippen LogP) is 3.71. The molecule has 1 aromatic heterocycles. The van der Waals surface area contributed by atoms with Crippen molar-refractivity contribution in [3.05, 3.63) is 57.3 Å². The molecule has 6 heteroatoms. The maximum atomic E-state index is 5.87. The monoisotopic (exact) mass is 356 g/mol. The van der Waals surface area contributed by atoms with Crippen molar-refractivity contribution in [2.75, 3.05) is 0 Å². The topological polar surface area (TPSA) is 48.1 Å². The van der Waals surface area contributed by atoms with Crippen molar-refractivity contribution >= 4 is 44.7 Å². The van der Waals surface area contributed by atoms with Crippen LogP contribution in [0.4, 0.5) is 0 Å². The van der Waals surface area contributed by atoms with E-state index in [9.17, 15) is 0 Å². The van der Waals surface area contributed by atoms with Gasteiger partial charge in [0.15, 0.2) is 0 Å². The predicted molar refractivity (Wildman–Crippen MR) is 83.6 cm³/mol. The van der Waals surface area contributed by atoms with Gasteiger partial charge in [-0.25, -0.2) is 0 Å². The number of hydrogen-bond acceptors (Lipinski definition) is 3. The Hall–Kier alpha value is -1.17. The molecule has 0 amide bonds. The van der Waals surface area contributed by atoms with Crippen molar-refractivity contribution in [1.29, 1.82) is 0 Å². The van der Waals surface area contributed by atoms with E-state index in [2.05, 4.69) is 20.9 Å². The first-order chi connectivity index (χ1) is 9.08. The van der Waals surface area contributed by atoms with Crippen LogP contribution < -0.4 is 10.5 Å². The van der Waals surface area contributed by atoms with Gasteiger partial charge in [-0.1, -0.05) is 29.9 Å². The minimum absolute atomic E-state index is 0.259. The highest BCUT2D eigenvalue weighted by Gasteiger charge is 2.08. The standard InChI is InChI=1S/C13H10BrClN2OS/c14-10-6-9(15)3-4-11(10)18-7-8-2-1-5-17-12(8)13(16)19/h1-6H,7H2,(H2,16,19). The zero-order valence-electron chi connectivity index (χ0n) is 9.77. The van der Waals surface area contributed by atoms with Crippen LogP contribution in [0.1, 0.15) is 11.3 Å². The fourth-order valence-corrected chi connectivity index (χ4v) is 2.51. The van der Waals surface area contributed by atoms with E-state index >= 15 is 0 Å². The van der Waals surface area contributed by atoms with E-state index in [-0.39, 0.29) is 4.99 Å². The van der Waals surface area contributed by atoms with Gasteiger partial charge in [0.25, 0.3) is 0 Å². The number of nitrogens with zero attached hydrogens (tertiary/aromatic N) is 1. The average Bonchev–Trinajstić information content (AvgIpc) is 2.38. The first-order valence-corrected chi connectivity index (χ1v) is 6.97. The molecule has 2 aromatic rings. The molecule has 0 unspecified atom stereocenters. The van der Waals surface area contributed by atoms with Crippen LogP contribution in [0.2, 0.25) is 5.02 Å². The van der Waals surface area contributed by atoms with Crippen LogP contribution in [0.15, 0.2) is 41.0 Å². The Labute approximate surface area is 129 Å². The second-order valence-corrected chi connectivity index (χ2v) is 5.47. The third-order valence-corrected chi connectivity index (χ3v) is 3.45. The summed E-state index contributed by atoms with van der Waals surface area (Å²) in [5.74, 6) is 0.696. The number of ether oxygens (including phenoxy) is 1. The van der Waals surface area contributed by atoms with E-state index in [1.165, 1.54) is 0 Å². The van der Waals surface area contributed by atoms with Crippen LogP contribution in [-0.4, -0.2) is 9.97 Å². The summed E-state index contributed by atoms with van der Waals surface area (Å²) in [6.07, 6.45) is 1.65. The zero-order valence-corrected chi connectivity index (χ0v) is 12.9. The van der Waals surface area contributed by atoms with Gasteiger partial charge in [-0.2, -0.15) is 0 Å². The van der Waals surface area contributed by atoms with Crippen LogP contribution in [0.25, 0.3) is 0 Å². The fourth-order valence-electron chi connectivity index (χ4n) is 1.52. The summed E-state index contributed by atoms with van der Waals surface area (Å²) in [4.78, 5) is 4.41. The van der Waals surface area contributed by atoms with Gasteiger partial charge in [-0.15, -0.1) is 0 Å². The van der Waals surface area contributed by atoms with Crippen molar-refractivity contribution in [3.8, 4) is 5.75 Å². The number of aromatic nitrogens is 1. The van der Waals surface area contributed by atoms with Crippen molar-refractivity contribution in [1.82, 2.24) is 4.98 Å². The highest BCUT2D eigenvalue weighted by atomic mass is 79.9. The molecule has 0 aliphatic carbocycles. The number of hydrogen-bond donors (Lipinski definition) is 1. The summed E-state index contributed by atoms with van der Waals surface area (Å²) in [7, 11) is 0. The normalized spacial score (nSPS) is 10.2.